The smallest absolute Gasteiger partial charge is 0.270 e. The van der Waals surface area contributed by atoms with E-state index < -0.39 is 0 Å². The lowest BCUT2D eigenvalue weighted by Crippen LogP contribution is -2.41. The van der Waals surface area contributed by atoms with Crippen molar-refractivity contribution in [3.05, 3.63) is 83.2 Å². The van der Waals surface area contributed by atoms with E-state index in [0.29, 0.717) is 12.5 Å². The number of carbonyl (C=O) groups excluding carboxylic acids is 1. The molecular weight excluding hydrogens is 418 g/mol. The molecule has 5 heteroatoms. The van der Waals surface area contributed by atoms with Crippen LogP contribution in [0.3, 0.4) is 0 Å². The molecule has 0 aliphatic carbocycles. The second kappa shape index (κ2) is 9.03. The fourth-order valence-corrected chi connectivity index (χ4v) is 5.30. The topological polar surface area (TPSA) is 28.5 Å². The van der Waals surface area contributed by atoms with Gasteiger partial charge in [0.2, 0.25) is 0 Å². The Kier molecular flexibility index (Phi) is 5.97. The van der Waals surface area contributed by atoms with Gasteiger partial charge in [0.1, 0.15) is 5.69 Å². The highest BCUT2D eigenvalue weighted by molar-refractivity contribution is 6.30. The molecule has 0 saturated carbocycles. The summed E-state index contributed by atoms with van der Waals surface area (Å²) < 4.78 is 2.15. The van der Waals surface area contributed by atoms with Crippen LogP contribution in [0.15, 0.2) is 66.9 Å². The molecule has 0 bridgehead atoms. The quantitative estimate of drug-likeness (QED) is 0.494. The Bertz CT molecular complexity index is 1120. The predicted octanol–water partition coefficient (Wildman–Crippen LogP) is 5.80. The van der Waals surface area contributed by atoms with Crippen LogP contribution >= 0.6 is 11.6 Å². The monoisotopic (exact) mass is 447 g/mol. The number of hydrogen-bond donors (Lipinski definition) is 0. The molecule has 0 unspecified atom stereocenters. The molecule has 2 saturated heterocycles. The second-order valence-electron chi connectivity index (χ2n) is 9.05. The Morgan fingerprint density at radius 1 is 0.938 bits per heavy atom. The van der Waals surface area contributed by atoms with Gasteiger partial charge in [-0.05, 0) is 55.5 Å². The summed E-state index contributed by atoms with van der Waals surface area (Å²) in [5.74, 6) is 0.623. The summed E-state index contributed by atoms with van der Waals surface area (Å²) in [7, 11) is 0. The molecule has 2 aromatic carbocycles. The number of aromatic nitrogens is 1. The Balaban J connectivity index is 1.35. The molecule has 4 nitrogen and oxygen atoms in total. The maximum absolute atomic E-state index is 13.6. The highest BCUT2D eigenvalue weighted by Gasteiger charge is 2.29. The van der Waals surface area contributed by atoms with Gasteiger partial charge < -0.3 is 14.4 Å². The number of carbonyl (C=O) groups is 1. The molecule has 3 aromatic rings. The molecule has 0 atom stereocenters. The van der Waals surface area contributed by atoms with Gasteiger partial charge in [0.05, 0.1) is 0 Å². The van der Waals surface area contributed by atoms with Gasteiger partial charge >= 0.3 is 0 Å². The van der Waals surface area contributed by atoms with E-state index in [4.69, 9.17) is 11.6 Å². The maximum Gasteiger partial charge on any atom is 0.270 e. The van der Waals surface area contributed by atoms with Crippen LogP contribution in [0.25, 0.3) is 10.9 Å². The number of amides is 1. The van der Waals surface area contributed by atoms with Gasteiger partial charge in [0.15, 0.2) is 0 Å². The van der Waals surface area contributed by atoms with E-state index in [0.717, 1.165) is 66.2 Å². The zero-order valence-electron chi connectivity index (χ0n) is 18.5. The van der Waals surface area contributed by atoms with E-state index in [1.807, 2.05) is 47.4 Å². The Morgan fingerprint density at radius 2 is 1.62 bits per heavy atom. The van der Waals surface area contributed by atoms with Crippen LogP contribution in [0.2, 0.25) is 5.02 Å². The van der Waals surface area contributed by atoms with Gasteiger partial charge in [-0.3, -0.25) is 4.79 Å². The molecule has 0 spiro atoms. The number of piperidine rings is 1. The highest BCUT2D eigenvalue weighted by atomic mass is 35.5. The summed E-state index contributed by atoms with van der Waals surface area (Å²) in [6.07, 6.45) is 4.54. The number of fused-ring (bicyclic) bond motifs is 1. The van der Waals surface area contributed by atoms with Gasteiger partial charge in [0, 0.05) is 60.3 Å². The normalized spacial score (nSPS) is 17.3. The molecule has 5 rings (SSSR count). The molecule has 2 fully saturated rings. The van der Waals surface area contributed by atoms with E-state index in [2.05, 4.69) is 28.2 Å². The lowest BCUT2D eigenvalue weighted by Gasteiger charge is -2.36. The third kappa shape index (κ3) is 4.16. The molecule has 0 N–H and O–H groups in total. The summed E-state index contributed by atoms with van der Waals surface area (Å²) >= 11 is 6.07. The number of halogens is 1. The second-order valence-corrected chi connectivity index (χ2v) is 9.49. The van der Waals surface area contributed by atoms with E-state index in [1.54, 1.807) is 0 Å². The minimum absolute atomic E-state index is 0.125. The molecule has 2 aliphatic heterocycles. The van der Waals surface area contributed by atoms with Crippen molar-refractivity contribution in [2.24, 2.45) is 5.92 Å². The Morgan fingerprint density at radius 3 is 2.34 bits per heavy atom. The Hall–Kier alpha value is -2.72. The Labute approximate surface area is 195 Å². The zero-order valence-corrected chi connectivity index (χ0v) is 19.2. The number of nitrogens with zero attached hydrogens (tertiary/aromatic N) is 3. The third-order valence-corrected chi connectivity index (χ3v) is 7.30. The first kappa shape index (κ1) is 21.1. The van der Waals surface area contributed by atoms with Gasteiger partial charge in [-0.25, -0.2) is 0 Å². The van der Waals surface area contributed by atoms with Crippen LogP contribution in [0.4, 0.5) is 0 Å². The largest absolute Gasteiger partial charge is 0.375 e. The fourth-order valence-electron chi connectivity index (χ4n) is 5.17. The summed E-state index contributed by atoms with van der Waals surface area (Å²) in [5.41, 5.74) is 4.26. The average molecular weight is 448 g/mol. The van der Waals surface area contributed by atoms with Crippen molar-refractivity contribution in [1.29, 1.82) is 0 Å². The van der Waals surface area contributed by atoms with Crippen molar-refractivity contribution in [2.75, 3.05) is 26.2 Å². The van der Waals surface area contributed by atoms with Crippen molar-refractivity contribution < 1.29 is 4.79 Å². The van der Waals surface area contributed by atoms with Gasteiger partial charge in [-0.1, -0.05) is 48.5 Å². The van der Waals surface area contributed by atoms with Crippen LogP contribution in [0.5, 0.6) is 0 Å². The van der Waals surface area contributed by atoms with Gasteiger partial charge in [-0.2, -0.15) is 0 Å². The molecule has 166 valence electrons. The molecule has 3 heterocycles. The number of likely N-dealkylation sites (tertiary alicyclic amines) is 2. The number of benzene rings is 2. The zero-order chi connectivity index (χ0) is 22.1. The highest BCUT2D eigenvalue weighted by Crippen LogP contribution is 2.30. The molecule has 2 aliphatic rings. The van der Waals surface area contributed by atoms with Crippen molar-refractivity contribution in [3.8, 4) is 0 Å². The van der Waals surface area contributed by atoms with Crippen LogP contribution in [-0.2, 0) is 6.54 Å². The standard InChI is InChI=1S/C27H30ClN3O/c1-20(29-14-4-5-15-29)22-12-16-30(17-13-22)27(32)26-18-23-6-2-3-7-25(23)31(26)19-21-8-10-24(28)11-9-21/h2-3,6-11,18,22H,1,4-5,12-17,19H2. The number of hydrogen-bond acceptors (Lipinski definition) is 2. The molecule has 1 aromatic heterocycles. The first-order valence-electron chi connectivity index (χ1n) is 11.7. The first-order chi connectivity index (χ1) is 15.6. The van der Waals surface area contributed by atoms with Crippen molar-refractivity contribution >= 4 is 28.4 Å². The van der Waals surface area contributed by atoms with E-state index >= 15 is 0 Å². The summed E-state index contributed by atoms with van der Waals surface area (Å²) in [5, 5.41) is 1.82. The van der Waals surface area contributed by atoms with Gasteiger partial charge in [-0.15, -0.1) is 0 Å². The number of rotatable bonds is 5. The fraction of sp³-hybridized carbons (Fsp3) is 0.370. The van der Waals surface area contributed by atoms with Crippen LogP contribution in [-0.4, -0.2) is 46.5 Å². The summed E-state index contributed by atoms with van der Waals surface area (Å²) in [6, 6.07) is 18.1. The lowest BCUT2D eigenvalue weighted by atomic mass is 9.93. The maximum atomic E-state index is 13.6. The molecule has 1 amide bonds. The average Bonchev–Trinajstić information content (AvgIpc) is 3.49. The molecular formula is C27H30ClN3O. The number of para-hydroxylation sites is 1. The van der Waals surface area contributed by atoms with Crippen LogP contribution in [0.1, 0.15) is 41.7 Å². The lowest BCUT2D eigenvalue weighted by molar-refractivity contribution is 0.0683. The third-order valence-electron chi connectivity index (χ3n) is 7.05. The van der Waals surface area contributed by atoms with E-state index in [1.165, 1.54) is 18.5 Å². The SMILES string of the molecule is C=C(C1CCN(C(=O)c2cc3ccccc3n2Cc2ccc(Cl)cc2)CC1)N1CCCC1. The summed E-state index contributed by atoms with van der Waals surface area (Å²) in [6.45, 7) is 8.90. The minimum atomic E-state index is 0.125. The molecule has 0 radical (unpaired) electrons. The molecule has 32 heavy (non-hydrogen) atoms. The van der Waals surface area contributed by atoms with Crippen molar-refractivity contribution in [2.45, 2.75) is 32.2 Å². The number of allylic oxidation sites excluding steroid dienone is 1. The van der Waals surface area contributed by atoms with Crippen molar-refractivity contribution in [1.82, 2.24) is 14.4 Å². The van der Waals surface area contributed by atoms with Crippen molar-refractivity contribution in [3.63, 3.8) is 0 Å². The van der Waals surface area contributed by atoms with Gasteiger partial charge in [0.25, 0.3) is 5.91 Å². The predicted molar refractivity (Wildman–Crippen MR) is 131 cm³/mol. The minimum Gasteiger partial charge on any atom is -0.375 e. The summed E-state index contributed by atoms with van der Waals surface area (Å²) in [4.78, 5) is 18.1. The van der Waals surface area contributed by atoms with Crippen LogP contribution < -0.4 is 0 Å². The van der Waals surface area contributed by atoms with E-state index in [9.17, 15) is 4.79 Å². The van der Waals surface area contributed by atoms with Crippen LogP contribution in [0, 0.1) is 5.92 Å². The van der Waals surface area contributed by atoms with E-state index in [-0.39, 0.29) is 5.91 Å². The first-order valence-corrected chi connectivity index (χ1v) is 12.0.